The molecule has 1 aromatic carbocycles. The number of benzene rings is 1. The van der Waals surface area contributed by atoms with Gasteiger partial charge in [-0.15, -0.1) is 11.6 Å². The van der Waals surface area contributed by atoms with Crippen LogP contribution in [0.15, 0.2) is 12.1 Å². The quantitative estimate of drug-likeness (QED) is 0.636. The van der Waals surface area contributed by atoms with Crippen LogP contribution in [0.3, 0.4) is 0 Å². The van der Waals surface area contributed by atoms with Crippen molar-refractivity contribution < 1.29 is 23.1 Å². The first-order valence-electron chi connectivity index (χ1n) is 5.92. The van der Waals surface area contributed by atoms with Gasteiger partial charge < -0.3 is 9.64 Å². The number of rotatable bonds is 3. The zero-order valence-corrected chi connectivity index (χ0v) is 11.4. The van der Waals surface area contributed by atoms with Gasteiger partial charge in [-0.2, -0.15) is 0 Å². The van der Waals surface area contributed by atoms with Crippen LogP contribution in [0.25, 0.3) is 0 Å². The Kier molecular flexibility index (Phi) is 4.23. The minimum atomic E-state index is -1.12. The molecule has 0 bridgehead atoms. The monoisotopic (exact) mass is 303 g/mol. The second-order valence-corrected chi connectivity index (χ2v) is 4.78. The third-order valence-corrected chi connectivity index (χ3v) is 3.61. The Balaban J connectivity index is 2.44. The van der Waals surface area contributed by atoms with E-state index < -0.39 is 23.2 Å². The minimum absolute atomic E-state index is 0.0878. The van der Waals surface area contributed by atoms with Crippen LogP contribution < -0.4 is 4.90 Å². The molecule has 0 spiro atoms. The number of anilines is 1. The van der Waals surface area contributed by atoms with Gasteiger partial charge >= 0.3 is 5.97 Å². The van der Waals surface area contributed by atoms with Gasteiger partial charge in [0.1, 0.15) is 11.4 Å². The van der Waals surface area contributed by atoms with Crippen LogP contribution in [0.5, 0.6) is 0 Å². The Hall–Kier alpha value is -1.69. The summed E-state index contributed by atoms with van der Waals surface area (Å²) >= 11 is 5.69. The van der Waals surface area contributed by atoms with Crippen LogP contribution in [-0.4, -0.2) is 31.4 Å². The SMILES string of the molecule is COC(=O)c1c(F)ccc(N2CC(CCl)CC2=O)c1F. The number of esters is 1. The molecule has 1 atom stereocenters. The summed E-state index contributed by atoms with van der Waals surface area (Å²) in [6.07, 6.45) is 0.202. The van der Waals surface area contributed by atoms with Gasteiger partial charge in [0.2, 0.25) is 5.91 Å². The van der Waals surface area contributed by atoms with E-state index >= 15 is 0 Å². The summed E-state index contributed by atoms with van der Waals surface area (Å²) in [7, 11) is 1.03. The van der Waals surface area contributed by atoms with Gasteiger partial charge in [-0.1, -0.05) is 0 Å². The first-order valence-corrected chi connectivity index (χ1v) is 6.45. The number of ether oxygens (including phenoxy) is 1. The van der Waals surface area contributed by atoms with E-state index in [-0.39, 0.29) is 36.4 Å². The molecule has 20 heavy (non-hydrogen) atoms. The van der Waals surface area contributed by atoms with Gasteiger partial charge in [0.25, 0.3) is 0 Å². The van der Waals surface area contributed by atoms with Crippen molar-refractivity contribution in [2.75, 3.05) is 24.4 Å². The highest BCUT2D eigenvalue weighted by molar-refractivity contribution is 6.18. The average molecular weight is 304 g/mol. The number of halogens is 3. The average Bonchev–Trinajstić information content (AvgIpc) is 2.80. The van der Waals surface area contributed by atoms with Crippen molar-refractivity contribution in [2.24, 2.45) is 5.92 Å². The van der Waals surface area contributed by atoms with Crippen molar-refractivity contribution in [3.63, 3.8) is 0 Å². The molecule has 0 aromatic heterocycles. The molecule has 0 saturated carbocycles. The second kappa shape index (κ2) is 5.75. The molecule has 0 aliphatic carbocycles. The van der Waals surface area contributed by atoms with Gasteiger partial charge in [-0.25, -0.2) is 13.6 Å². The Morgan fingerprint density at radius 2 is 2.20 bits per heavy atom. The summed E-state index contributed by atoms with van der Waals surface area (Å²) in [6.45, 7) is 0.242. The predicted molar refractivity (Wildman–Crippen MR) is 68.9 cm³/mol. The van der Waals surface area contributed by atoms with E-state index in [2.05, 4.69) is 4.74 Å². The summed E-state index contributed by atoms with van der Waals surface area (Å²) < 4.78 is 32.1. The molecule has 1 aliphatic heterocycles. The van der Waals surface area contributed by atoms with Crippen molar-refractivity contribution in [3.05, 3.63) is 29.3 Å². The Labute approximate surface area is 119 Å². The molecular weight excluding hydrogens is 292 g/mol. The first kappa shape index (κ1) is 14.7. The number of amides is 1. The Morgan fingerprint density at radius 1 is 1.50 bits per heavy atom. The molecule has 1 aromatic rings. The normalized spacial score (nSPS) is 18.5. The third kappa shape index (κ3) is 2.47. The maximum atomic E-state index is 14.3. The van der Waals surface area contributed by atoms with Crippen molar-refractivity contribution in [3.8, 4) is 0 Å². The van der Waals surface area contributed by atoms with E-state index in [0.717, 1.165) is 19.2 Å². The summed E-state index contributed by atoms with van der Waals surface area (Å²) in [5.74, 6) is -3.37. The summed E-state index contributed by atoms with van der Waals surface area (Å²) in [5.41, 5.74) is -0.934. The van der Waals surface area contributed by atoms with Gasteiger partial charge in [0.15, 0.2) is 5.82 Å². The maximum absolute atomic E-state index is 14.3. The van der Waals surface area contributed by atoms with E-state index in [4.69, 9.17) is 11.6 Å². The summed E-state index contributed by atoms with van der Waals surface area (Å²) in [4.78, 5) is 24.4. The van der Waals surface area contributed by atoms with Gasteiger partial charge in [-0.05, 0) is 18.1 Å². The highest BCUT2D eigenvalue weighted by Crippen LogP contribution is 2.30. The summed E-state index contributed by atoms with van der Waals surface area (Å²) in [6, 6.07) is 2.07. The van der Waals surface area contributed by atoms with Crippen LogP contribution in [0, 0.1) is 17.6 Å². The Bertz CT molecular complexity index is 565. The van der Waals surface area contributed by atoms with Gasteiger partial charge in [0, 0.05) is 18.8 Å². The standard InChI is InChI=1S/C13H12ClF2NO3/c1-20-13(19)11-8(15)2-3-9(12(11)16)17-6-7(5-14)4-10(17)18/h2-3,7H,4-6H2,1H3. The van der Waals surface area contributed by atoms with Gasteiger partial charge in [0.05, 0.1) is 12.8 Å². The molecule has 1 amide bonds. The molecule has 1 fully saturated rings. The van der Waals surface area contributed by atoms with Crippen LogP contribution in [0.4, 0.5) is 14.5 Å². The molecule has 2 rings (SSSR count). The first-order chi connectivity index (χ1) is 9.49. The number of methoxy groups -OCH3 is 1. The topological polar surface area (TPSA) is 46.6 Å². The smallest absolute Gasteiger partial charge is 0.343 e. The fraction of sp³-hybridized carbons (Fsp3) is 0.385. The molecule has 7 heteroatoms. The predicted octanol–water partition coefficient (Wildman–Crippen LogP) is 2.34. The number of carbonyl (C=O) groups is 2. The lowest BCUT2D eigenvalue weighted by Gasteiger charge is -2.18. The zero-order chi connectivity index (χ0) is 14.9. The lowest BCUT2D eigenvalue weighted by atomic mass is 10.1. The molecule has 1 aliphatic rings. The van der Waals surface area contributed by atoms with E-state index in [9.17, 15) is 18.4 Å². The third-order valence-electron chi connectivity index (χ3n) is 3.17. The van der Waals surface area contributed by atoms with Crippen molar-refractivity contribution in [1.82, 2.24) is 0 Å². The molecule has 1 heterocycles. The lowest BCUT2D eigenvalue weighted by Crippen LogP contribution is -2.26. The van der Waals surface area contributed by atoms with Gasteiger partial charge in [-0.3, -0.25) is 4.79 Å². The molecule has 4 nitrogen and oxygen atoms in total. The fourth-order valence-corrected chi connectivity index (χ4v) is 2.36. The molecular formula is C13H12ClF2NO3. The number of carbonyl (C=O) groups excluding carboxylic acids is 2. The molecule has 0 N–H and O–H groups in total. The molecule has 0 radical (unpaired) electrons. The fourth-order valence-electron chi connectivity index (χ4n) is 2.16. The largest absolute Gasteiger partial charge is 0.465 e. The van der Waals surface area contributed by atoms with Crippen LogP contribution >= 0.6 is 11.6 Å². The van der Waals surface area contributed by atoms with Crippen LogP contribution in [0.1, 0.15) is 16.8 Å². The van der Waals surface area contributed by atoms with E-state index in [1.807, 2.05) is 0 Å². The highest BCUT2D eigenvalue weighted by atomic mass is 35.5. The van der Waals surface area contributed by atoms with Crippen molar-refractivity contribution in [1.29, 1.82) is 0 Å². The molecule has 108 valence electrons. The van der Waals surface area contributed by atoms with Crippen molar-refractivity contribution in [2.45, 2.75) is 6.42 Å². The van der Waals surface area contributed by atoms with Crippen molar-refractivity contribution >= 4 is 29.2 Å². The van der Waals surface area contributed by atoms with E-state index in [1.54, 1.807) is 0 Å². The minimum Gasteiger partial charge on any atom is -0.465 e. The van der Waals surface area contributed by atoms with Crippen LogP contribution in [-0.2, 0) is 9.53 Å². The van der Waals surface area contributed by atoms with Crippen LogP contribution in [0.2, 0.25) is 0 Å². The second-order valence-electron chi connectivity index (χ2n) is 4.48. The van der Waals surface area contributed by atoms with E-state index in [0.29, 0.717) is 0 Å². The summed E-state index contributed by atoms with van der Waals surface area (Å²) in [5, 5.41) is 0. The Morgan fingerprint density at radius 3 is 2.75 bits per heavy atom. The zero-order valence-electron chi connectivity index (χ0n) is 10.7. The number of hydrogen-bond donors (Lipinski definition) is 0. The molecule has 1 saturated heterocycles. The number of alkyl halides is 1. The number of hydrogen-bond acceptors (Lipinski definition) is 3. The lowest BCUT2D eigenvalue weighted by molar-refractivity contribution is -0.117. The number of nitrogens with zero attached hydrogens (tertiary/aromatic N) is 1. The molecule has 1 unspecified atom stereocenters. The highest BCUT2D eigenvalue weighted by Gasteiger charge is 2.33. The maximum Gasteiger partial charge on any atom is 0.343 e. The van der Waals surface area contributed by atoms with E-state index in [1.165, 1.54) is 4.90 Å².